The zero-order valence-electron chi connectivity index (χ0n) is 12.7. The SMILES string of the molecule is CCOCCCC(=O)Nc1ccc(C2=NNC(=O)CC2)cc1. The normalized spacial score (nSPS) is 14.2. The molecule has 1 aliphatic heterocycles. The van der Waals surface area contributed by atoms with E-state index in [1.807, 2.05) is 31.2 Å². The Morgan fingerprint density at radius 1 is 1.32 bits per heavy atom. The summed E-state index contributed by atoms with van der Waals surface area (Å²) in [5.41, 5.74) is 5.04. The number of carbonyl (C=O) groups is 2. The van der Waals surface area contributed by atoms with E-state index in [2.05, 4.69) is 15.8 Å². The topological polar surface area (TPSA) is 79.8 Å². The van der Waals surface area contributed by atoms with E-state index in [0.717, 1.165) is 17.0 Å². The maximum atomic E-state index is 11.8. The van der Waals surface area contributed by atoms with Crippen LogP contribution in [0.3, 0.4) is 0 Å². The zero-order chi connectivity index (χ0) is 15.8. The Bertz CT molecular complexity index is 552. The summed E-state index contributed by atoms with van der Waals surface area (Å²) in [6.45, 7) is 3.21. The molecule has 0 unspecified atom stereocenters. The Morgan fingerprint density at radius 3 is 2.73 bits per heavy atom. The van der Waals surface area contributed by atoms with Gasteiger partial charge in [-0.25, -0.2) is 5.43 Å². The molecule has 0 spiro atoms. The van der Waals surface area contributed by atoms with E-state index in [4.69, 9.17) is 4.74 Å². The molecule has 0 saturated heterocycles. The van der Waals surface area contributed by atoms with E-state index in [0.29, 0.717) is 38.9 Å². The molecule has 2 N–H and O–H groups in total. The molecular formula is C16H21N3O3. The summed E-state index contributed by atoms with van der Waals surface area (Å²) in [4.78, 5) is 22.8. The van der Waals surface area contributed by atoms with E-state index in [1.54, 1.807) is 0 Å². The van der Waals surface area contributed by atoms with E-state index in [1.165, 1.54) is 0 Å². The summed E-state index contributed by atoms with van der Waals surface area (Å²) in [6, 6.07) is 7.47. The largest absolute Gasteiger partial charge is 0.382 e. The monoisotopic (exact) mass is 303 g/mol. The van der Waals surface area contributed by atoms with Crippen molar-refractivity contribution in [2.45, 2.75) is 32.6 Å². The van der Waals surface area contributed by atoms with Gasteiger partial charge >= 0.3 is 0 Å². The summed E-state index contributed by atoms with van der Waals surface area (Å²) < 4.78 is 5.20. The van der Waals surface area contributed by atoms with Gasteiger partial charge in [-0.2, -0.15) is 5.10 Å². The van der Waals surface area contributed by atoms with Crippen molar-refractivity contribution in [2.24, 2.45) is 5.10 Å². The van der Waals surface area contributed by atoms with Crippen LogP contribution in [-0.2, 0) is 14.3 Å². The number of benzene rings is 1. The van der Waals surface area contributed by atoms with Gasteiger partial charge < -0.3 is 10.1 Å². The number of ether oxygens (including phenoxy) is 1. The number of carbonyl (C=O) groups excluding carboxylic acids is 2. The summed E-state index contributed by atoms with van der Waals surface area (Å²) in [5, 5.41) is 6.90. The van der Waals surface area contributed by atoms with Crippen LogP contribution in [0.4, 0.5) is 5.69 Å². The highest BCUT2D eigenvalue weighted by Gasteiger charge is 2.13. The van der Waals surface area contributed by atoms with Crippen molar-refractivity contribution in [3.05, 3.63) is 29.8 Å². The standard InChI is InChI=1S/C16H21N3O3/c1-2-22-11-3-4-15(20)17-13-7-5-12(6-8-13)14-9-10-16(21)19-18-14/h5-8H,2-4,9-11H2,1H3,(H,17,20)(H,19,21). The van der Waals surface area contributed by atoms with Gasteiger partial charge in [-0.3, -0.25) is 9.59 Å². The van der Waals surface area contributed by atoms with Gasteiger partial charge in [0.25, 0.3) is 0 Å². The van der Waals surface area contributed by atoms with Gasteiger partial charge in [-0.1, -0.05) is 12.1 Å². The second-order valence-corrected chi connectivity index (χ2v) is 5.02. The number of hydrogen-bond acceptors (Lipinski definition) is 4. The van der Waals surface area contributed by atoms with Crippen LogP contribution in [-0.4, -0.2) is 30.7 Å². The van der Waals surface area contributed by atoms with Gasteiger partial charge in [-0.05, 0) is 31.0 Å². The number of hydrazone groups is 1. The van der Waals surface area contributed by atoms with Crippen molar-refractivity contribution in [3.8, 4) is 0 Å². The van der Waals surface area contributed by atoms with Gasteiger partial charge in [0.1, 0.15) is 0 Å². The lowest BCUT2D eigenvalue weighted by molar-refractivity contribution is -0.121. The van der Waals surface area contributed by atoms with Gasteiger partial charge in [0.2, 0.25) is 11.8 Å². The Morgan fingerprint density at radius 2 is 2.09 bits per heavy atom. The molecule has 0 radical (unpaired) electrons. The molecule has 6 nitrogen and oxygen atoms in total. The van der Waals surface area contributed by atoms with Gasteiger partial charge in [0.15, 0.2) is 0 Å². The molecule has 1 aromatic carbocycles. The minimum absolute atomic E-state index is 0.0188. The number of anilines is 1. The second-order valence-electron chi connectivity index (χ2n) is 5.02. The molecular weight excluding hydrogens is 282 g/mol. The summed E-state index contributed by atoms with van der Waals surface area (Å²) >= 11 is 0. The van der Waals surface area contributed by atoms with Crippen LogP contribution in [0, 0.1) is 0 Å². The highest BCUT2D eigenvalue weighted by Crippen LogP contribution is 2.14. The second kappa shape index (κ2) is 8.29. The molecule has 118 valence electrons. The van der Waals surface area contributed by atoms with Crippen molar-refractivity contribution in [2.75, 3.05) is 18.5 Å². The van der Waals surface area contributed by atoms with Crippen molar-refractivity contribution >= 4 is 23.2 Å². The molecule has 6 heteroatoms. The van der Waals surface area contributed by atoms with Crippen LogP contribution in [0.15, 0.2) is 29.4 Å². The fourth-order valence-corrected chi connectivity index (χ4v) is 2.13. The van der Waals surface area contributed by atoms with E-state index >= 15 is 0 Å². The Hall–Kier alpha value is -2.21. The molecule has 0 fully saturated rings. The summed E-state index contributed by atoms with van der Waals surface area (Å²) in [5.74, 6) is -0.0746. The first-order chi connectivity index (χ1) is 10.7. The molecule has 2 amide bonds. The third-order valence-electron chi connectivity index (χ3n) is 3.30. The van der Waals surface area contributed by atoms with Crippen molar-refractivity contribution in [3.63, 3.8) is 0 Å². The maximum absolute atomic E-state index is 11.8. The number of nitrogens with zero attached hydrogens (tertiary/aromatic N) is 1. The molecule has 0 bridgehead atoms. The van der Waals surface area contributed by atoms with Crippen LogP contribution < -0.4 is 10.7 Å². The quantitative estimate of drug-likeness (QED) is 0.757. The predicted octanol–water partition coefficient (Wildman–Crippen LogP) is 2.06. The third-order valence-corrected chi connectivity index (χ3v) is 3.30. The molecule has 2 rings (SSSR count). The number of amides is 2. The Kier molecular flexibility index (Phi) is 6.09. The minimum Gasteiger partial charge on any atom is -0.382 e. The van der Waals surface area contributed by atoms with Gasteiger partial charge in [0, 0.05) is 38.2 Å². The van der Waals surface area contributed by atoms with Crippen molar-refractivity contribution in [1.82, 2.24) is 5.43 Å². The predicted molar refractivity (Wildman–Crippen MR) is 84.7 cm³/mol. The molecule has 0 atom stereocenters. The fourth-order valence-electron chi connectivity index (χ4n) is 2.13. The lowest BCUT2D eigenvalue weighted by atomic mass is 10.0. The highest BCUT2D eigenvalue weighted by molar-refractivity contribution is 6.04. The molecule has 0 saturated carbocycles. The molecule has 1 aromatic rings. The Labute approximate surface area is 129 Å². The maximum Gasteiger partial charge on any atom is 0.240 e. The first kappa shape index (κ1) is 16.2. The zero-order valence-corrected chi connectivity index (χ0v) is 12.7. The average Bonchev–Trinajstić information content (AvgIpc) is 2.53. The van der Waals surface area contributed by atoms with Gasteiger partial charge in [0.05, 0.1) is 5.71 Å². The fraction of sp³-hybridized carbons (Fsp3) is 0.438. The third kappa shape index (κ3) is 4.96. The lowest BCUT2D eigenvalue weighted by Gasteiger charge is -2.12. The number of hydrogen-bond donors (Lipinski definition) is 2. The molecule has 1 aliphatic rings. The first-order valence-corrected chi connectivity index (χ1v) is 7.52. The van der Waals surface area contributed by atoms with E-state index in [9.17, 15) is 9.59 Å². The van der Waals surface area contributed by atoms with Crippen LogP contribution in [0.1, 0.15) is 38.2 Å². The summed E-state index contributed by atoms with van der Waals surface area (Å²) in [7, 11) is 0. The van der Waals surface area contributed by atoms with Crippen LogP contribution in [0.25, 0.3) is 0 Å². The number of rotatable bonds is 7. The average molecular weight is 303 g/mol. The summed E-state index contributed by atoms with van der Waals surface area (Å²) in [6.07, 6.45) is 2.25. The van der Waals surface area contributed by atoms with E-state index < -0.39 is 0 Å². The number of nitrogens with one attached hydrogen (secondary N) is 2. The molecule has 0 aromatic heterocycles. The molecule has 0 aliphatic carbocycles. The Balaban J connectivity index is 1.84. The van der Waals surface area contributed by atoms with Gasteiger partial charge in [-0.15, -0.1) is 0 Å². The van der Waals surface area contributed by atoms with E-state index in [-0.39, 0.29) is 11.8 Å². The van der Waals surface area contributed by atoms with Crippen LogP contribution in [0.5, 0.6) is 0 Å². The lowest BCUT2D eigenvalue weighted by Crippen LogP contribution is -2.25. The minimum atomic E-state index is -0.0558. The van der Waals surface area contributed by atoms with Crippen LogP contribution in [0.2, 0.25) is 0 Å². The van der Waals surface area contributed by atoms with Crippen molar-refractivity contribution in [1.29, 1.82) is 0 Å². The highest BCUT2D eigenvalue weighted by atomic mass is 16.5. The molecule has 1 heterocycles. The molecule has 22 heavy (non-hydrogen) atoms. The van der Waals surface area contributed by atoms with Crippen molar-refractivity contribution < 1.29 is 14.3 Å². The first-order valence-electron chi connectivity index (χ1n) is 7.52. The smallest absolute Gasteiger partial charge is 0.240 e. The van der Waals surface area contributed by atoms with Crippen LogP contribution >= 0.6 is 0 Å².